The van der Waals surface area contributed by atoms with Gasteiger partial charge in [0, 0.05) is 40.5 Å². The first-order valence-electron chi connectivity index (χ1n) is 6.76. The zero-order chi connectivity index (χ0) is 15.4. The molecule has 22 heavy (non-hydrogen) atoms. The second kappa shape index (κ2) is 6.05. The summed E-state index contributed by atoms with van der Waals surface area (Å²) >= 11 is 0. The molecule has 1 aromatic heterocycles. The van der Waals surface area contributed by atoms with Crippen molar-refractivity contribution in [3.05, 3.63) is 72.8 Å². The fraction of sp³-hybridized carbons (Fsp3) is 0. The number of primary amides is 1. The Labute approximate surface area is 127 Å². The second-order valence-electron chi connectivity index (χ2n) is 4.71. The number of amides is 1. The number of nitrogens with one attached hydrogen (secondary N) is 1. The number of rotatable bonds is 4. The first-order valence-corrected chi connectivity index (χ1v) is 6.76. The van der Waals surface area contributed by atoms with E-state index in [1.165, 1.54) is 6.33 Å². The number of aromatic nitrogens is 2. The van der Waals surface area contributed by atoms with Crippen LogP contribution in [0.5, 0.6) is 0 Å². The Hall–Kier alpha value is -3.21. The van der Waals surface area contributed by atoms with Crippen molar-refractivity contribution < 1.29 is 4.79 Å². The van der Waals surface area contributed by atoms with Gasteiger partial charge in [0.1, 0.15) is 6.33 Å². The van der Waals surface area contributed by atoms with Gasteiger partial charge in [-0.25, -0.2) is 9.97 Å². The van der Waals surface area contributed by atoms with Crippen LogP contribution in [0.4, 0.5) is 11.4 Å². The number of nitrogens with zero attached hydrogens (tertiary/aromatic N) is 2. The van der Waals surface area contributed by atoms with E-state index in [0.717, 1.165) is 16.9 Å². The van der Waals surface area contributed by atoms with E-state index in [1.807, 2.05) is 36.4 Å². The zero-order valence-corrected chi connectivity index (χ0v) is 11.7. The predicted octanol–water partition coefficient (Wildman–Crippen LogP) is 2.99. The molecule has 5 heteroatoms. The molecule has 1 amide bonds. The van der Waals surface area contributed by atoms with Gasteiger partial charge in [-0.15, -0.1) is 0 Å². The third-order valence-electron chi connectivity index (χ3n) is 3.23. The normalized spacial score (nSPS) is 10.2. The predicted molar refractivity (Wildman–Crippen MR) is 85.7 cm³/mol. The summed E-state index contributed by atoms with van der Waals surface area (Å²) in [7, 11) is 0. The summed E-state index contributed by atoms with van der Waals surface area (Å²) in [5.41, 5.74) is 9.05. The van der Waals surface area contributed by atoms with E-state index in [4.69, 9.17) is 5.73 Å². The number of hydrogen-bond acceptors (Lipinski definition) is 4. The average molecular weight is 290 g/mol. The van der Waals surface area contributed by atoms with Crippen molar-refractivity contribution in [1.29, 1.82) is 0 Å². The zero-order valence-electron chi connectivity index (χ0n) is 11.7. The lowest BCUT2D eigenvalue weighted by molar-refractivity contribution is 0.100. The van der Waals surface area contributed by atoms with Crippen molar-refractivity contribution in [3.8, 4) is 11.1 Å². The van der Waals surface area contributed by atoms with Gasteiger partial charge >= 0.3 is 0 Å². The Kier molecular flexibility index (Phi) is 3.78. The summed E-state index contributed by atoms with van der Waals surface area (Å²) in [6, 6.07) is 15.1. The molecule has 3 rings (SSSR count). The minimum absolute atomic E-state index is 0.427. The van der Waals surface area contributed by atoms with Crippen molar-refractivity contribution in [2.45, 2.75) is 0 Å². The molecule has 0 unspecified atom stereocenters. The van der Waals surface area contributed by atoms with Gasteiger partial charge in [-0.05, 0) is 24.3 Å². The van der Waals surface area contributed by atoms with Crippen molar-refractivity contribution >= 4 is 17.3 Å². The van der Waals surface area contributed by atoms with E-state index in [1.54, 1.807) is 24.5 Å². The molecule has 3 aromatic rings. The SMILES string of the molecule is NC(=O)c1cccc(Nc2ccccc2)c1-c1cncnc1. The first kappa shape index (κ1) is 13.8. The van der Waals surface area contributed by atoms with Gasteiger partial charge in [0.15, 0.2) is 0 Å². The molecule has 0 saturated heterocycles. The van der Waals surface area contributed by atoms with Crippen molar-refractivity contribution in [3.63, 3.8) is 0 Å². The van der Waals surface area contributed by atoms with Crippen molar-refractivity contribution in [2.24, 2.45) is 5.73 Å². The smallest absolute Gasteiger partial charge is 0.249 e. The van der Waals surface area contributed by atoms with Gasteiger partial charge < -0.3 is 11.1 Å². The molecule has 0 bridgehead atoms. The number of carbonyl (C=O) groups is 1. The molecule has 3 N–H and O–H groups in total. The molecule has 0 aliphatic carbocycles. The van der Waals surface area contributed by atoms with Gasteiger partial charge in [0.05, 0.1) is 0 Å². The van der Waals surface area contributed by atoms with Crippen LogP contribution in [0.15, 0.2) is 67.3 Å². The summed E-state index contributed by atoms with van der Waals surface area (Å²) in [5.74, 6) is -0.490. The van der Waals surface area contributed by atoms with Crippen LogP contribution in [0, 0.1) is 0 Å². The Balaban J connectivity index is 2.14. The molecule has 0 fully saturated rings. The van der Waals surface area contributed by atoms with Crippen LogP contribution in [0.2, 0.25) is 0 Å². The second-order valence-corrected chi connectivity index (χ2v) is 4.71. The Morgan fingerprint density at radius 1 is 0.955 bits per heavy atom. The number of carbonyl (C=O) groups excluding carboxylic acids is 1. The monoisotopic (exact) mass is 290 g/mol. The van der Waals surface area contributed by atoms with E-state index >= 15 is 0 Å². The summed E-state index contributed by atoms with van der Waals surface area (Å²) < 4.78 is 0. The topological polar surface area (TPSA) is 80.9 Å². The molecule has 0 radical (unpaired) electrons. The number of anilines is 2. The quantitative estimate of drug-likeness (QED) is 0.774. The van der Waals surface area contributed by atoms with Gasteiger partial charge in [0.25, 0.3) is 0 Å². The highest BCUT2D eigenvalue weighted by atomic mass is 16.1. The minimum atomic E-state index is -0.490. The molecule has 0 spiro atoms. The molecule has 0 atom stereocenters. The first-order chi connectivity index (χ1) is 10.8. The molecule has 0 aliphatic heterocycles. The van der Waals surface area contributed by atoms with Crippen LogP contribution in [0.3, 0.4) is 0 Å². The highest BCUT2D eigenvalue weighted by molar-refractivity contribution is 6.03. The standard InChI is InChI=1S/C17H14N4O/c18-17(22)14-7-4-8-15(21-13-5-2-1-3-6-13)16(14)12-9-19-11-20-10-12/h1-11,21H,(H2,18,22). The molecule has 108 valence electrons. The third kappa shape index (κ3) is 2.78. The van der Waals surface area contributed by atoms with E-state index in [2.05, 4.69) is 15.3 Å². The fourth-order valence-corrected chi connectivity index (χ4v) is 2.28. The van der Waals surface area contributed by atoms with Gasteiger partial charge in [0.2, 0.25) is 5.91 Å². The van der Waals surface area contributed by atoms with Gasteiger partial charge in [-0.3, -0.25) is 4.79 Å². The van der Waals surface area contributed by atoms with Gasteiger partial charge in [-0.1, -0.05) is 24.3 Å². The maximum Gasteiger partial charge on any atom is 0.249 e. The van der Waals surface area contributed by atoms with Crippen molar-refractivity contribution in [1.82, 2.24) is 9.97 Å². The summed E-state index contributed by atoms with van der Waals surface area (Å²) in [6.45, 7) is 0. The van der Waals surface area contributed by atoms with Crippen LogP contribution >= 0.6 is 0 Å². The number of nitrogens with two attached hydrogens (primary N) is 1. The Morgan fingerprint density at radius 3 is 2.36 bits per heavy atom. The average Bonchev–Trinajstić information content (AvgIpc) is 2.56. The number of hydrogen-bond donors (Lipinski definition) is 2. The third-order valence-corrected chi connectivity index (χ3v) is 3.23. The van der Waals surface area contributed by atoms with Crippen LogP contribution in [-0.2, 0) is 0 Å². The van der Waals surface area contributed by atoms with E-state index in [0.29, 0.717) is 11.1 Å². The summed E-state index contributed by atoms with van der Waals surface area (Å²) in [6.07, 6.45) is 4.76. The van der Waals surface area contributed by atoms with Crippen LogP contribution < -0.4 is 11.1 Å². The molecular formula is C17H14N4O. The molecule has 0 aliphatic rings. The lowest BCUT2D eigenvalue weighted by atomic mass is 9.99. The van der Waals surface area contributed by atoms with Crippen LogP contribution in [0.1, 0.15) is 10.4 Å². The van der Waals surface area contributed by atoms with E-state index < -0.39 is 5.91 Å². The fourth-order valence-electron chi connectivity index (χ4n) is 2.28. The summed E-state index contributed by atoms with van der Waals surface area (Å²) in [4.78, 5) is 19.8. The lowest BCUT2D eigenvalue weighted by Crippen LogP contribution is -2.13. The number of para-hydroxylation sites is 1. The molecule has 0 saturated carbocycles. The van der Waals surface area contributed by atoms with E-state index in [-0.39, 0.29) is 0 Å². The van der Waals surface area contributed by atoms with E-state index in [9.17, 15) is 4.79 Å². The van der Waals surface area contributed by atoms with Crippen LogP contribution in [-0.4, -0.2) is 15.9 Å². The maximum absolute atomic E-state index is 11.8. The van der Waals surface area contributed by atoms with Crippen molar-refractivity contribution in [2.75, 3.05) is 5.32 Å². The minimum Gasteiger partial charge on any atom is -0.366 e. The maximum atomic E-state index is 11.8. The molecule has 1 heterocycles. The van der Waals surface area contributed by atoms with Gasteiger partial charge in [-0.2, -0.15) is 0 Å². The Morgan fingerprint density at radius 2 is 1.68 bits per heavy atom. The van der Waals surface area contributed by atoms with Crippen LogP contribution in [0.25, 0.3) is 11.1 Å². The Bertz CT molecular complexity index is 788. The highest BCUT2D eigenvalue weighted by Crippen LogP contribution is 2.32. The molecular weight excluding hydrogens is 276 g/mol. The summed E-state index contributed by atoms with van der Waals surface area (Å²) in [5, 5.41) is 3.30. The molecule has 2 aromatic carbocycles. The number of benzene rings is 2. The molecule has 5 nitrogen and oxygen atoms in total. The largest absolute Gasteiger partial charge is 0.366 e. The highest BCUT2D eigenvalue weighted by Gasteiger charge is 2.15. The lowest BCUT2D eigenvalue weighted by Gasteiger charge is -2.14.